The summed E-state index contributed by atoms with van der Waals surface area (Å²) >= 11 is 3.72. The third kappa shape index (κ3) is 1.69. The molecule has 0 atom stereocenters. The standard InChI is InChI=1S/C18H11BrO/c19-17-16-14-9-5-4-6-12(14)10-11-15(16)20-18(17)13-7-2-1-3-8-13/h1-11H. The Morgan fingerprint density at radius 3 is 2.35 bits per heavy atom. The van der Waals surface area contributed by atoms with Crippen molar-refractivity contribution in [3.8, 4) is 11.3 Å². The lowest BCUT2D eigenvalue weighted by atomic mass is 10.1. The van der Waals surface area contributed by atoms with Gasteiger partial charge in [-0.3, -0.25) is 0 Å². The summed E-state index contributed by atoms with van der Waals surface area (Å²) in [6, 6.07) is 22.7. The largest absolute Gasteiger partial charge is 0.455 e. The second-order valence-electron chi connectivity index (χ2n) is 4.77. The highest BCUT2D eigenvalue weighted by atomic mass is 79.9. The molecule has 0 N–H and O–H groups in total. The molecule has 4 rings (SSSR count). The van der Waals surface area contributed by atoms with E-state index in [4.69, 9.17) is 4.42 Å². The molecule has 1 heterocycles. The molecule has 96 valence electrons. The summed E-state index contributed by atoms with van der Waals surface area (Å²) in [5, 5.41) is 3.57. The molecule has 0 fully saturated rings. The van der Waals surface area contributed by atoms with Crippen molar-refractivity contribution in [3.05, 3.63) is 71.2 Å². The Balaban J connectivity index is 2.11. The molecular formula is C18H11BrO. The van der Waals surface area contributed by atoms with Crippen LogP contribution in [0.4, 0.5) is 0 Å². The Bertz CT molecular complexity index is 907. The average Bonchev–Trinajstić information content (AvgIpc) is 2.86. The highest BCUT2D eigenvalue weighted by Gasteiger charge is 2.15. The van der Waals surface area contributed by atoms with Crippen molar-refractivity contribution in [2.24, 2.45) is 0 Å². The molecule has 4 aromatic rings. The van der Waals surface area contributed by atoms with Crippen molar-refractivity contribution in [3.63, 3.8) is 0 Å². The number of hydrogen-bond donors (Lipinski definition) is 0. The Labute approximate surface area is 125 Å². The van der Waals surface area contributed by atoms with Crippen molar-refractivity contribution < 1.29 is 4.42 Å². The van der Waals surface area contributed by atoms with E-state index in [9.17, 15) is 0 Å². The Morgan fingerprint density at radius 1 is 0.750 bits per heavy atom. The third-order valence-electron chi connectivity index (χ3n) is 3.56. The van der Waals surface area contributed by atoms with Crippen LogP contribution in [0.5, 0.6) is 0 Å². The number of halogens is 1. The van der Waals surface area contributed by atoms with Gasteiger partial charge in [0.25, 0.3) is 0 Å². The van der Waals surface area contributed by atoms with Crippen LogP contribution in [0.2, 0.25) is 0 Å². The van der Waals surface area contributed by atoms with Crippen molar-refractivity contribution >= 4 is 37.7 Å². The predicted octanol–water partition coefficient (Wildman–Crippen LogP) is 6.02. The summed E-state index contributed by atoms with van der Waals surface area (Å²) in [5.41, 5.74) is 1.99. The predicted molar refractivity (Wildman–Crippen MR) is 86.9 cm³/mol. The zero-order valence-electron chi connectivity index (χ0n) is 10.6. The highest BCUT2D eigenvalue weighted by molar-refractivity contribution is 9.10. The topological polar surface area (TPSA) is 13.1 Å². The number of furan rings is 1. The van der Waals surface area contributed by atoms with Crippen molar-refractivity contribution in [2.75, 3.05) is 0 Å². The molecule has 0 radical (unpaired) electrons. The molecule has 0 aliphatic carbocycles. The van der Waals surface area contributed by atoms with Gasteiger partial charge in [0.2, 0.25) is 0 Å². The zero-order valence-corrected chi connectivity index (χ0v) is 12.2. The first kappa shape index (κ1) is 11.7. The molecule has 1 nitrogen and oxygen atoms in total. The second kappa shape index (κ2) is 4.50. The zero-order chi connectivity index (χ0) is 13.5. The minimum atomic E-state index is 0.886. The Kier molecular flexibility index (Phi) is 2.64. The van der Waals surface area contributed by atoms with Crippen LogP contribution in [0, 0.1) is 0 Å². The van der Waals surface area contributed by atoms with Crippen molar-refractivity contribution in [2.45, 2.75) is 0 Å². The first-order chi connectivity index (χ1) is 9.84. The van der Waals surface area contributed by atoms with Gasteiger partial charge in [-0.15, -0.1) is 0 Å². The first-order valence-electron chi connectivity index (χ1n) is 6.50. The van der Waals surface area contributed by atoms with Gasteiger partial charge in [0, 0.05) is 10.9 Å². The van der Waals surface area contributed by atoms with Crippen LogP contribution < -0.4 is 0 Å². The van der Waals surface area contributed by atoms with Crippen LogP contribution >= 0.6 is 15.9 Å². The van der Waals surface area contributed by atoms with Crippen LogP contribution in [0.3, 0.4) is 0 Å². The van der Waals surface area contributed by atoms with Gasteiger partial charge in [-0.2, -0.15) is 0 Å². The average molecular weight is 323 g/mol. The van der Waals surface area contributed by atoms with E-state index in [1.54, 1.807) is 0 Å². The van der Waals surface area contributed by atoms with E-state index in [0.29, 0.717) is 0 Å². The monoisotopic (exact) mass is 322 g/mol. The summed E-state index contributed by atoms with van der Waals surface area (Å²) in [6.45, 7) is 0. The second-order valence-corrected chi connectivity index (χ2v) is 5.56. The molecule has 2 heteroatoms. The van der Waals surface area contributed by atoms with Gasteiger partial charge in [-0.25, -0.2) is 0 Å². The van der Waals surface area contributed by atoms with E-state index in [1.807, 2.05) is 24.3 Å². The van der Waals surface area contributed by atoms with Gasteiger partial charge in [0.1, 0.15) is 11.3 Å². The minimum absolute atomic E-state index is 0.886. The van der Waals surface area contributed by atoms with Crippen LogP contribution in [-0.4, -0.2) is 0 Å². The molecule has 0 saturated carbocycles. The number of fused-ring (bicyclic) bond motifs is 3. The summed E-state index contributed by atoms with van der Waals surface area (Å²) in [7, 11) is 0. The summed E-state index contributed by atoms with van der Waals surface area (Å²) in [4.78, 5) is 0. The summed E-state index contributed by atoms with van der Waals surface area (Å²) in [5.74, 6) is 0.886. The van der Waals surface area contributed by atoms with Crippen molar-refractivity contribution in [1.82, 2.24) is 0 Å². The van der Waals surface area contributed by atoms with E-state index < -0.39 is 0 Å². The quantitative estimate of drug-likeness (QED) is 0.418. The Hall–Kier alpha value is -2.06. The fourth-order valence-electron chi connectivity index (χ4n) is 2.61. The normalized spacial score (nSPS) is 11.2. The van der Waals surface area contributed by atoms with Crippen LogP contribution in [0.1, 0.15) is 0 Å². The molecule has 0 aliphatic rings. The van der Waals surface area contributed by atoms with Gasteiger partial charge < -0.3 is 4.42 Å². The smallest absolute Gasteiger partial charge is 0.149 e. The SMILES string of the molecule is Brc1c(-c2ccccc2)oc2ccc3ccccc3c12. The van der Waals surface area contributed by atoms with Gasteiger partial charge in [-0.05, 0) is 32.8 Å². The van der Waals surface area contributed by atoms with E-state index in [1.165, 1.54) is 10.8 Å². The van der Waals surface area contributed by atoms with E-state index in [2.05, 4.69) is 58.4 Å². The molecule has 0 spiro atoms. The Morgan fingerprint density at radius 2 is 1.50 bits per heavy atom. The maximum Gasteiger partial charge on any atom is 0.149 e. The molecule has 1 aromatic heterocycles. The molecule has 0 aliphatic heterocycles. The van der Waals surface area contributed by atoms with E-state index in [-0.39, 0.29) is 0 Å². The lowest BCUT2D eigenvalue weighted by molar-refractivity contribution is 0.630. The van der Waals surface area contributed by atoms with Gasteiger partial charge in [-0.1, -0.05) is 60.7 Å². The number of hydrogen-bond acceptors (Lipinski definition) is 1. The molecular weight excluding hydrogens is 312 g/mol. The highest BCUT2D eigenvalue weighted by Crippen LogP contribution is 2.40. The lowest BCUT2D eigenvalue weighted by Crippen LogP contribution is -1.74. The van der Waals surface area contributed by atoms with Gasteiger partial charge >= 0.3 is 0 Å². The summed E-state index contributed by atoms with van der Waals surface area (Å²) in [6.07, 6.45) is 0. The number of rotatable bonds is 1. The lowest BCUT2D eigenvalue weighted by Gasteiger charge is -1.98. The minimum Gasteiger partial charge on any atom is -0.455 e. The number of benzene rings is 3. The third-order valence-corrected chi connectivity index (χ3v) is 4.31. The van der Waals surface area contributed by atoms with Crippen LogP contribution in [-0.2, 0) is 0 Å². The van der Waals surface area contributed by atoms with Gasteiger partial charge in [0.05, 0.1) is 4.47 Å². The molecule has 0 saturated heterocycles. The fourth-order valence-corrected chi connectivity index (χ4v) is 3.33. The van der Waals surface area contributed by atoms with E-state index in [0.717, 1.165) is 26.8 Å². The fraction of sp³-hybridized carbons (Fsp3) is 0. The summed E-state index contributed by atoms with van der Waals surface area (Å²) < 4.78 is 7.07. The molecule has 0 amide bonds. The molecule has 20 heavy (non-hydrogen) atoms. The first-order valence-corrected chi connectivity index (χ1v) is 7.29. The van der Waals surface area contributed by atoms with Gasteiger partial charge in [0.15, 0.2) is 0 Å². The van der Waals surface area contributed by atoms with E-state index >= 15 is 0 Å². The van der Waals surface area contributed by atoms with Crippen molar-refractivity contribution in [1.29, 1.82) is 0 Å². The maximum atomic E-state index is 6.05. The molecule has 3 aromatic carbocycles. The maximum absolute atomic E-state index is 6.05. The molecule has 0 unspecified atom stereocenters. The van der Waals surface area contributed by atoms with Crippen LogP contribution in [0.25, 0.3) is 33.1 Å². The van der Waals surface area contributed by atoms with Crippen LogP contribution in [0.15, 0.2) is 75.6 Å². The molecule has 0 bridgehead atoms.